The van der Waals surface area contributed by atoms with Crippen LogP contribution in [0.2, 0.25) is 5.02 Å². The zero-order valence-electron chi connectivity index (χ0n) is 10.3. The predicted molar refractivity (Wildman–Crippen MR) is 69.9 cm³/mol. The van der Waals surface area contributed by atoms with Crippen LogP contribution in [0.25, 0.3) is 0 Å². The minimum absolute atomic E-state index is 0.0413. The summed E-state index contributed by atoms with van der Waals surface area (Å²) in [4.78, 5) is 23.6. The first kappa shape index (κ1) is 14.9. The minimum atomic E-state index is -0.645. The maximum atomic E-state index is 12.2. The highest BCUT2D eigenvalue weighted by molar-refractivity contribution is 6.35. The van der Waals surface area contributed by atoms with Gasteiger partial charge in [-0.15, -0.1) is 0 Å². The van der Waals surface area contributed by atoms with Crippen molar-refractivity contribution in [2.75, 3.05) is 13.1 Å². The van der Waals surface area contributed by atoms with Crippen molar-refractivity contribution in [1.29, 1.82) is 5.26 Å². The SMILES string of the molecule is CCCN(CC#N)C(=O)c1cccc([N+](=O)[O-])c1Cl. The Morgan fingerprint density at radius 2 is 2.26 bits per heavy atom. The normalized spacial score (nSPS) is 9.74. The molecule has 7 heteroatoms. The molecule has 0 saturated heterocycles. The smallest absolute Gasteiger partial charge is 0.288 e. The Hall–Kier alpha value is -2.13. The molecule has 0 saturated carbocycles. The van der Waals surface area contributed by atoms with Crippen LogP contribution in [0, 0.1) is 21.4 Å². The summed E-state index contributed by atoms with van der Waals surface area (Å²) < 4.78 is 0. The van der Waals surface area contributed by atoms with E-state index in [1.54, 1.807) is 0 Å². The van der Waals surface area contributed by atoms with Crippen LogP contribution >= 0.6 is 11.6 Å². The van der Waals surface area contributed by atoms with E-state index in [4.69, 9.17) is 16.9 Å². The molecule has 0 aliphatic heterocycles. The van der Waals surface area contributed by atoms with E-state index in [0.717, 1.165) is 0 Å². The van der Waals surface area contributed by atoms with Gasteiger partial charge in [0.2, 0.25) is 0 Å². The van der Waals surface area contributed by atoms with Crippen molar-refractivity contribution in [3.8, 4) is 6.07 Å². The van der Waals surface area contributed by atoms with Crippen LogP contribution < -0.4 is 0 Å². The van der Waals surface area contributed by atoms with E-state index in [-0.39, 0.29) is 22.8 Å². The minimum Gasteiger partial charge on any atom is -0.325 e. The molecule has 0 spiro atoms. The van der Waals surface area contributed by atoms with E-state index in [1.807, 2.05) is 13.0 Å². The van der Waals surface area contributed by atoms with Gasteiger partial charge in [0.15, 0.2) is 0 Å². The predicted octanol–water partition coefficient (Wildman–Crippen LogP) is 2.62. The summed E-state index contributed by atoms with van der Waals surface area (Å²) in [5, 5.41) is 19.3. The molecule has 1 aromatic carbocycles. The average Bonchev–Trinajstić information content (AvgIpc) is 2.37. The molecule has 100 valence electrons. The quantitative estimate of drug-likeness (QED) is 0.471. The van der Waals surface area contributed by atoms with Crippen molar-refractivity contribution in [1.82, 2.24) is 4.90 Å². The fourth-order valence-electron chi connectivity index (χ4n) is 1.60. The molecule has 1 rings (SSSR count). The monoisotopic (exact) mass is 281 g/mol. The molecule has 6 nitrogen and oxygen atoms in total. The number of nitro groups is 1. The number of hydrogen-bond acceptors (Lipinski definition) is 4. The van der Waals surface area contributed by atoms with E-state index in [2.05, 4.69) is 0 Å². The van der Waals surface area contributed by atoms with Gasteiger partial charge in [0.1, 0.15) is 11.6 Å². The van der Waals surface area contributed by atoms with Crippen LogP contribution in [-0.2, 0) is 0 Å². The van der Waals surface area contributed by atoms with Gasteiger partial charge >= 0.3 is 0 Å². The zero-order chi connectivity index (χ0) is 14.4. The largest absolute Gasteiger partial charge is 0.325 e. The van der Waals surface area contributed by atoms with Gasteiger partial charge in [0.05, 0.1) is 16.6 Å². The Labute approximate surface area is 115 Å². The molecule has 0 aliphatic rings. The number of nitriles is 1. The number of halogens is 1. The third-order valence-electron chi connectivity index (χ3n) is 2.45. The van der Waals surface area contributed by atoms with Gasteiger partial charge in [-0.25, -0.2) is 0 Å². The molecule has 0 bridgehead atoms. The van der Waals surface area contributed by atoms with E-state index < -0.39 is 10.8 Å². The van der Waals surface area contributed by atoms with Crippen molar-refractivity contribution >= 4 is 23.2 Å². The second-order valence-electron chi connectivity index (χ2n) is 3.78. The first-order valence-corrected chi connectivity index (χ1v) is 5.99. The van der Waals surface area contributed by atoms with Crippen LogP contribution in [0.4, 0.5) is 5.69 Å². The Balaban J connectivity index is 3.15. The third-order valence-corrected chi connectivity index (χ3v) is 2.84. The highest BCUT2D eigenvalue weighted by atomic mass is 35.5. The molecule has 0 unspecified atom stereocenters. The summed E-state index contributed by atoms with van der Waals surface area (Å²) >= 11 is 5.87. The van der Waals surface area contributed by atoms with Crippen molar-refractivity contribution in [2.45, 2.75) is 13.3 Å². The average molecular weight is 282 g/mol. The number of amides is 1. The Bertz CT molecular complexity index is 540. The van der Waals surface area contributed by atoms with E-state index >= 15 is 0 Å². The van der Waals surface area contributed by atoms with Gasteiger partial charge in [-0.1, -0.05) is 24.6 Å². The molecule has 0 fully saturated rings. The summed E-state index contributed by atoms with van der Waals surface area (Å²) in [5.74, 6) is -0.475. The molecule has 1 aromatic rings. The van der Waals surface area contributed by atoms with Crippen LogP contribution in [0.5, 0.6) is 0 Å². The highest BCUT2D eigenvalue weighted by Crippen LogP contribution is 2.28. The van der Waals surface area contributed by atoms with Gasteiger partial charge in [0, 0.05) is 12.6 Å². The van der Waals surface area contributed by atoms with Crippen LogP contribution in [-0.4, -0.2) is 28.8 Å². The number of carbonyl (C=O) groups excluding carboxylic acids is 1. The van der Waals surface area contributed by atoms with Crippen LogP contribution in [0.15, 0.2) is 18.2 Å². The number of nitro benzene ring substituents is 1. The lowest BCUT2D eigenvalue weighted by Crippen LogP contribution is -2.32. The van der Waals surface area contributed by atoms with E-state index in [1.165, 1.54) is 23.1 Å². The lowest BCUT2D eigenvalue weighted by atomic mass is 10.1. The van der Waals surface area contributed by atoms with Gasteiger partial charge in [0.25, 0.3) is 11.6 Å². The molecule has 1 amide bonds. The van der Waals surface area contributed by atoms with Gasteiger partial charge in [-0.3, -0.25) is 14.9 Å². The molecule has 0 radical (unpaired) electrons. The first-order valence-electron chi connectivity index (χ1n) is 5.62. The second-order valence-corrected chi connectivity index (χ2v) is 4.16. The van der Waals surface area contributed by atoms with Crippen molar-refractivity contribution in [3.05, 3.63) is 38.9 Å². The zero-order valence-corrected chi connectivity index (χ0v) is 11.1. The van der Waals surface area contributed by atoms with Crippen molar-refractivity contribution in [3.63, 3.8) is 0 Å². The summed E-state index contributed by atoms with van der Waals surface area (Å²) in [6.07, 6.45) is 0.681. The Morgan fingerprint density at radius 1 is 1.58 bits per heavy atom. The number of carbonyl (C=O) groups is 1. The molecule has 0 heterocycles. The number of benzene rings is 1. The van der Waals surface area contributed by atoms with E-state index in [0.29, 0.717) is 13.0 Å². The van der Waals surface area contributed by atoms with Crippen molar-refractivity contribution in [2.24, 2.45) is 0 Å². The maximum Gasteiger partial charge on any atom is 0.288 e. The summed E-state index contributed by atoms with van der Waals surface area (Å²) in [6, 6.07) is 5.93. The number of rotatable bonds is 5. The van der Waals surface area contributed by atoms with Gasteiger partial charge < -0.3 is 4.90 Å². The molecular weight excluding hydrogens is 270 g/mol. The van der Waals surface area contributed by atoms with Crippen LogP contribution in [0.1, 0.15) is 23.7 Å². The molecule has 0 aromatic heterocycles. The molecule has 19 heavy (non-hydrogen) atoms. The standard InChI is InChI=1S/C12H12ClN3O3/c1-2-7-15(8-6-14)12(17)9-4-3-5-10(11(9)13)16(18)19/h3-5H,2,7-8H2,1H3. The van der Waals surface area contributed by atoms with Crippen molar-refractivity contribution < 1.29 is 9.72 Å². The lowest BCUT2D eigenvalue weighted by Gasteiger charge is -2.19. The number of nitrogens with zero attached hydrogens (tertiary/aromatic N) is 3. The first-order chi connectivity index (χ1) is 9.02. The Kier molecular flexibility index (Phi) is 5.27. The summed E-state index contributed by atoms with van der Waals surface area (Å²) in [6.45, 7) is 2.18. The molecule has 0 aliphatic carbocycles. The molecule has 0 atom stereocenters. The fraction of sp³-hybridized carbons (Fsp3) is 0.333. The molecular formula is C12H12ClN3O3. The third kappa shape index (κ3) is 3.42. The lowest BCUT2D eigenvalue weighted by molar-refractivity contribution is -0.384. The van der Waals surface area contributed by atoms with Crippen LogP contribution in [0.3, 0.4) is 0 Å². The topological polar surface area (TPSA) is 87.2 Å². The fourth-order valence-corrected chi connectivity index (χ4v) is 1.88. The Morgan fingerprint density at radius 3 is 2.79 bits per heavy atom. The summed E-state index contributed by atoms with van der Waals surface area (Å²) in [5.41, 5.74) is -0.277. The van der Waals surface area contributed by atoms with E-state index in [9.17, 15) is 14.9 Å². The van der Waals surface area contributed by atoms with Gasteiger partial charge in [-0.05, 0) is 12.5 Å². The summed E-state index contributed by atoms with van der Waals surface area (Å²) in [7, 11) is 0. The number of hydrogen-bond donors (Lipinski definition) is 0. The second kappa shape index (κ2) is 6.71. The highest BCUT2D eigenvalue weighted by Gasteiger charge is 2.23. The van der Waals surface area contributed by atoms with Gasteiger partial charge in [-0.2, -0.15) is 5.26 Å². The maximum absolute atomic E-state index is 12.2. The molecule has 0 N–H and O–H groups in total.